The van der Waals surface area contributed by atoms with Crippen LogP contribution in [0.25, 0.3) is 0 Å². The summed E-state index contributed by atoms with van der Waals surface area (Å²) >= 11 is 1.14. The zero-order valence-electron chi connectivity index (χ0n) is 29.9. The highest BCUT2D eigenvalue weighted by Crippen LogP contribution is 2.26. The van der Waals surface area contributed by atoms with Gasteiger partial charge in [0.05, 0.1) is 24.9 Å². The molecule has 0 saturated carbocycles. The number of carbonyl (C=O) groups excluding carboxylic acids is 1. The SMILES string of the molecule is CCCCCCCCCCCCCCCCCC(=O)O[C@@H](CNC(C)(C)C)COc1nsnc1N1CCOCC1.O=C(O)/C=C\C(=O)O. The van der Waals surface area contributed by atoms with Crippen molar-refractivity contribution >= 4 is 35.5 Å². The topological polar surface area (TPSA) is 160 Å². The molecule has 276 valence electrons. The Labute approximate surface area is 292 Å². The number of ether oxygens (including phenoxy) is 3. The number of aliphatic carboxylic acids is 2. The summed E-state index contributed by atoms with van der Waals surface area (Å²) in [5.74, 6) is -1.41. The third kappa shape index (κ3) is 24.4. The van der Waals surface area contributed by atoms with E-state index in [0.717, 1.165) is 43.5 Å². The van der Waals surface area contributed by atoms with Gasteiger partial charge >= 0.3 is 17.9 Å². The van der Waals surface area contributed by atoms with E-state index < -0.39 is 11.9 Å². The molecule has 0 aliphatic carbocycles. The van der Waals surface area contributed by atoms with Crippen molar-refractivity contribution in [3.63, 3.8) is 0 Å². The van der Waals surface area contributed by atoms with Crippen molar-refractivity contribution in [3.8, 4) is 5.88 Å². The Morgan fingerprint density at radius 1 is 0.854 bits per heavy atom. The lowest BCUT2D eigenvalue weighted by Crippen LogP contribution is -2.44. The second kappa shape index (κ2) is 27.1. The molecule has 1 atom stereocenters. The standard InChI is InChI=1S/C31H58N4O4S.C4H4O4/c1-5-6-7-8-9-10-11-12-13-14-15-16-17-18-19-20-28(36)39-27(25-32-31(2,3)4)26-38-30-29(33-40-34-30)35-21-23-37-24-22-35;5-3(6)1-2-4(7)8/h27,32H,5-26H2,1-4H3;1-2H,(H,5,6)(H,7,8)/b;2-1-/t27-;/m0./s1. The summed E-state index contributed by atoms with van der Waals surface area (Å²) in [6.45, 7) is 12.2. The van der Waals surface area contributed by atoms with Gasteiger partial charge in [-0.3, -0.25) is 4.79 Å². The summed E-state index contributed by atoms with van der Waals surface area (Å²) in [7, 11) is 0. The fourth-order valence-corrected chi connectivity index (χ4v) is 5.51. The Bertz CT molecular complexity index is 1010. The Morgan fingerprint density at radius 2 is 1.35 bits per heavy atom. The number of esters is 1. The van der Waals surface area contributed by atoms with Crippen LogP contribution in [0.1, 0.15) is 130 Å². The number of carbonyl (C=O) groups is 3. The molecular formula is C35H62N4O8S. The minimum Gasteiger partial charge on any atom is -0.478 e. The molecule has 1 saturated heterocycles. The lowest BCUT2D eigenvalue weighted by atomic mass is 10.0. The van der Waals surface area contributed by atoms with E-state index in [4.69, 9.17) is 24.4 Å². The van der Waals surface area contributed by atoms with E-state index in [-0.39, 0.29) is 24.2 Å². The van der Waals surface area contributed by atoms with Crippen LogP contribution in [0.4, 0.5) is 5.82 Å². The number of hydrogen-bond donors (Lipinski definition) is 3. The fourth-order valence-electron chi connectivity index (χ4n) is 4.99. The predicted octanol–water partition coefficient (Wildman–Crippen LogP) is 7.03. The molecule has 0 unspecified atom stereocenters. The number of unbranched alkanes of at least 4 members (excludes halogenated alkanes) is 14. The number of anilines is 1. The van der Waals surface area contributed by atoms with Crippen LogP contribution in [-0.2, 0) is 23.9 Å². The van der Waals surface area contributed by atoms with Crippen molar-refractivity contribution in [2.45, 2.75) is 142 Å². The highest BCUT2D eigenvalue weighted by atomic mass is 32.1. The van der Waals surface area contributed by atoms with Crippen LogP contribution < -0.4 is 15.0 Å². The molecule has 0 amide bonds. The van der Waals surface area contributed by atoms with Crippen LogP contribution in [0.3, 0.4) is 0 Å². The molecule has 13 heteroatoms. The molecule has 2 rings (SSSR count). The molecule has 3 N–H and O–H groups in total. The second-order valence-corrected chi connectivity index (χ2v) is 13.8. The molecule has 0 bridgehead atoms. The van der Waals surface area contributed by atoms with Gasteiger partial charge in [0, 0.05) is 43.7 Å². The molecule has 48 heavy (non-hydrogen) atoms. The third-order valence-corrected chi connectivity index (χ3v) is 8.17. The third-order valence-electron chi connectivity index (χ3n) is 7.67. The van der Waals surface area contributed by atoms with Gasteiger partial charge in [0.2, 0.25) is 5.82 Å². The summed E-state index contributed by atoms with van der Waals surface area (Å²) in [6, 6.07) is 0. The first-order valence-electron chi connectivity index (χ1n) is 17.9. The molecule has 1 aromatic heterocycles. The molecule has 1 aliphatic heterocycles. The monoisotopic (exact) mass is 698 g/mol. The Kier molecular flexibility index (Phi) is 24.4. The number of rotatable bonds is 25. The maximum Gasteiger partial charge on any atom is 0.328 e. The highest BCUT2D eigenvalue weighted by Gasteiger charge is 2.23. The van der Waals surface area contributed by atoms with Crippen LogP contribution >= 0.6 is 11.7 Å². The largest absolute Gasteiger partial charge is 0.478 e. The van der Waals surface area contributed by atoms with Crippen molar-refractivity contribution in [2.75, 3.05) is 44.4 Å². The summed E-state index contributed by atoms with van der Waals surface area (Å²) in [4.78, 5) is 33.9. The minimum absolute atomic E-state index is 0.0833. The zero-order valence-corrected chi connectivity index (χ0v) is 30.7. The molecule has 1 fully saturated rings. The Morgan fingerprint density at radius 3 is 1.83 bits per heavy atom. The molecule has 0 aromatic carbocycles. The number of carboxylic acids is 2. The zero-order chi connectivity index (χ0) is 35.5. The van der Waals surface area contributed by atoms with Gasteiger partial charge in [0.25, 0.3) is 5.88 Å². The van der Waals surface area contributed by atoms with Crippen LogP contribution in [0.15, 0.2) is 12.2 Å². The van der Waals surface area contributed by atoms with Crippen molar-refractivity contribution in [2.24, 2.45) is 0 Å². The molecule has 1 aliphatic rings. The Balaban J connectivity index is 0.00000127. The molecule has 2 heterocycles. The molecule has 1 aromatic rings. The molecule has 12 nitrogen and oxygen atoms in total. The van der Waals surface area contributed by atoms with Gasteiger partial charge in [0.15, 0.2) is 0 Å². The quantitative estimate of drug-likeness (QED) is 0.0544. The van der Waals surface area contributed by atoms with E-state index in [1.54, 1.807) is 0 Å². The fraction of sp³-hybridized carbons (Fsp3) is 0.800. The lowest BCUT2D eigenvalue weighted by molar-refractivity contribution is -0.150. The van der Waals surface area contributed by atoms with E-state index in [2.05, 4.69) is 46.7 Å². The van der Waals surface area contributed by atoms with Crippen LogP contribution in [0, 0.1) is 0 Å². The first-order valence-corrected chi connectivity index (χ1v) is 18.6. The van der Waals surface area contributed by atoms with E-state index >= 15 is 0 Å². The van der Waals surface area contributed by atoms with Gasteiger partial charge in [-0.2, -0.15) is 4.37 Å². The average Bonchev–Trinajstić information content (AvgIpc) is 3.52. The first kappa shape index (κ1) is 43.3. The van der Waals surface area contributed by atoms with Crippen molar-refractivity contribution in [1.29, 1.82) is 0 Å². The predicted molar refractivity (Wildman–Crippen MR) is 190 cm³/mol. The summed E-state index contributed by atoms with van der Waals surface area (Å²) in [6.07, 6.45) is 20.9. The number of hydrogen-bond acceptors (Lipinski definition) is 11. The number of nitrogens with one attached hydrogen (secondary N) is 1. The van der Waals surface area contributed by atoms with Crippen molar-refractivity contribution < 1.29 is 38.8 Å². The average molecular weight is 699 g/mol. The summed E-state index contributed by atoms with van der Waals surface area (Å²) in [5, 5.41) is 19.1. The van der Waals surface area contributed by atoms with E-state index in [0.29, 0.717) is 44.2 Å². The summed E-state index contributed by atoms with van der Waals surface area (Å²) < 4.78 is 26.1. The lowest BCUT2D eigenvalue weighted by Gasteiger charge is -2.27. The van der Waals surface area contributed by atoms with Crippen molar-refractivity contribution in [3.05, 3.63) is 12.2 Å². The second-order valence-electron chi connectivity index (χ2n) is 13.3. The number of carboxylic acid groups (broad SMARTS) is 2. The molecular weight excluding hydrogens is 636 g/mol. The van der Waals surface area contributed by atoms with Gasteiger partial charge in [-0.1, -0.05) is 96.8 Å². The van der Waals surface area contributed by atoms with Gasteiger partial charge < -0.3 is 34.6 Å². The number of aromatic nitrogens is 2. The highest BCUT2D eigenvalue weighted by molar-refractivity contribution is 6.99. The van der Waals surface area contributed by atoms with Gasteiger partial charge in [0.1, 0.15) is 12.7 Å². The van der Waals surface area contributed by atoms with Gasteiger partial charge in [-0.25, -0.2) is 9.59 Å². The maximum absolute atomic E-state index is 12.6. The normalized spacial score (nSPS) is 14.0. The number of morpholine rings is 1. The van der Waals surface area contributed by atoms with Gasteiger partial charge in [-0.15, -0.1) is 4.37 Å². The van der Waals surface area contributed by atoms with Crippen LogP contribution in [0.2, 0.25) is 0 Å². The maximum atomic E-state index is 12.6. The van der Waals surface area contributed by atoms with E-state index in [9.17, 15) is 14.4 Å². The van der Waals surface area contributed by atoms with Crippen LogP contribution in [0.5, 0.6) is 5.88 Å². The van der Waals surface area contributed by atoms with Gasteiger partial charge in [-0.05, 0) is 27.2 Å². The van der Waals surface area contributed by atoms with E-state index in [1.807, 2.05) is 0 Å². The van der Waals surface area contributed by atoms with Crippen LogP contribution in [-0.4, -0.2) is 88.0 Å². The molecule has 0 radical (unpaired) electrons. The van der Waals surface area contributed by atoms with Crippen molar-refractivity contribution in [1.82, 2.24) is 14.1 Å². The number of nitrogens with zero attached hydrogens (tertiary/aromatic N) is 3. The molecule has 0 spiro atoms. The smallest absolute Gasteiger partial charge is 0.328 e. The summed E-state index contributed by atoms with van der Waals surface area (Å²) in [5.41, 5.74) is -0.0833. The minimum atomic E-state index is -1.26. The Hall–Kier alpha value is -2.77. The first-order chi connectivity index (χ1) is 23.0. The van der Waals surface area contributed by atoms with E-state index in [1.165, 1.54) is 83.5 Å².